The van der Waals surface area contributed by atoms with E-state index >= 15 is 0 Å². The van der Waals surface area contributed by atoms with Gasteiger partial charge < -0.3 is 4.74 Å². The van der Waals surface area contributed by atoms with Crippen molar-refractivity contribution in [2.24, 2.45) is 7.05 Å². The van der Waals surface area contributed by atoms with Crippen molar-refractivity contribution in [1.82, 2.24) is 9.78 Å². The first-order valence-corrected chi connectivity index (χ1v) is 3.71. The summed E-state index contributed by atoms with van der Waals surface area (Å²) in [6.45, 7) is 1.79. The first-order valence-electron chi connectivity index (χ1n) is 3.71. The zero-order valence-corrected chi connectivity index (χ0v) is 7.44. The molecule has 66 valence electrons. The number of aromatic nitrogens is 2. The van der Waals surface area contributed by atoms with Crippen molar-refractivity contribution < 1.29 is 9.53 Å². The van der Waals surface area contributed by atoms with Crippen LogP contribution in [0.15, 0.2) is 12.4 Å². The second-order valence-corrected chi connectivity index (χ2v) is 2.69. The standard InChI is InChI=1S/C8H12N2O2/c1-6(8(11)12-3)7-4-9-10(2)5-7/h4-6H,1-3H3/t6-/m0/s1. The Hall–Kier alpha value is -1.32. The lowest BCUT2D eigenvalue weighted by molar-refractivity contribution is -0.141. The smallest absolute Gasteiger partial charge is 0.312 e. The van der Waals surface area contributed by atoms with Gasteiger partial charge in [-0.2, -0.15) is 5.10 Å². The van der Waals surface area contributed by atoms with Crippen LogP contribution in [-0.4, -0.2) is 22.9 Å². The highest BCUT2D eigenvalue weighted by Crippen LogP contribution is 2.14. The van der Waals surface area contributed by atoms with E-state index in [1.807, 2.05) is 13.2 Å². The minimum Gasteiger partial charge on any atom is -0.469 e. The summed E-state index contributed by atoms with van der Waals surface area (Å²) >= 11 is 0. The normalized spacial score (nSPS) is 12.6. The predicted molar refractivity (Wildman–Crippen MR) is 43.6 cm³/mol. The Kier molecular flexibility index (Phi) is 2.47. The van der Waals surface area contributed by atoms with E-state index in [1.165, 1.54) is 7.11 Å². The molecule has 1 heterocycles. The zero-order chi connectivity index (χ0) is 9.14. The summed E-state index contributed by atoms with van der Waals surface area (Å²) in [6, 6.07) is 0. The van der Waals surface area contributed by atoms with Crippen LogP contribution in [0, 0.1) is 0 Å². The van der Waals surface area contributed by atoms with Gasteiger partial charge in [0.05, 0.1) is 19.2 Å². The van der Waals surface area contributed by atoms with Gasteiger partial charge in [0.25, 0.3) is 0 Å². The van der Waals surface area contributed by atoms with Gasteiger partial charge in [0.1, 0.15) is 0 Å². The molecule has 0 aromatic carbocycles. The number of ether oxygens (including phenoxy) is 1. The van der Waals surface area contributed by atoms with Gasteiger partial charge in [0.2, 0.25) is 0 Å². The first kappa shape index (κ1) is 8.77. The van der Waals surface area contributed by atoms with Crippen molar-refractivity contribution in [3.63, 3.8) is 0 Å². The van der Waals surface area contributed by atoms with E-state index in [4.69, 9.17) is 0 Å². The number of esters is 1. The molecule has 0 saturated carbocycles. The van der Waals surface area contributed by atoms with E-state index in [0.29, 0.717) is 0 Å². The largest absolute Gasteiger partial charge is 0.469 e. The molecule has 4 heteroatoms. The monoisotopic (exact) mass is 168 g/mol. The van der Waals surface area contributed by atoms with Gasteiger partial charge in [-0.15, -0.1) is 0 Å². The highest BCUT2D eigenvalue weighted by Gasteiger charge is 2.16. The number of hydrogen-bond donors (Lipinski definition) is 0. The number of carbonyl (C=O) groups is 1. The van der Waals surface area contributed by atoms with Gasteiger partial charge in [-0.25, -0.2) is 0 Å². The summed E-state index contributed by atoms with van der Waals surface area (Å²) in [5.41, 5.74) is 0.879. The molecule has 0 spiro atoms. The molecule has 0 radical (unpaired) electrons. The van der Waals surface area contributed by atoms with Crippen molar-refractivity contribution in [2.75, 3.05) is 7.11 Å². The summed E-state index contributed by atoms with van der Waals surface area (Å²) in [5.74, 6) is -0.466. The van der Waals surface area contributed by atoms with E-state index in [2.05, 4.69) is 9.84 Å². The Morgan fingerprint density at radius 2 is 2.42 bits per heavy atom. The Balaban J connectivity index is 2.77. The fourth-order valence-corrected chi connectivity index (χ4v) is 0.977. The molecule has 1 rings (SSSR count). The lowest BCUT2D eigenvalue weighted by Gasteiger charge is -2.04. The number of hydrogen-bond acceptors (Lipinski definition) is 3. The summed E-state index contributed by atoms with van der Waals surface area (Å²) in [7, 11) is 3.20. The van der Waals surface area contributed by atoms with Crippen molar-refractivity contribution in [3.05, 3.63) is 18.0 Å². The molecule has 0 aliphatic carbocycles. The van der Waals surface area contributed by atoms with Crippen molar-refractivity contribution in [3.8, 4) is 0 Å². The average Bonchev–Trinajstić information content (AvgIpc) is 2.49. The maximum absolute atomic E-state index is 11.1. The van der Waals surface area contributed by atoms with E-state index in [1.54, 1.807) is 17.8 Å². The van der Waals surface area contributed by atoms with Crippen LogP contribution in [0.25, 0.3) is 0 Å². The van der Waals surface area contributed by atoms with Gasteiger partial charge in [0, 0.05) is 18.8 Å². The van der Waals surface area contributed by atoms with Gasteiger partial charge in [-0.1, -0.05) is 0 Å². The second-order valence-electron chi connectivity index (χ2n) is 2.69. The van der Waals surface area contributed by atoms with Gasteiger partial charge in [-0.3, -0.25) is 9.48 Å². The molecule has 0 fully saturated rings. The van der Waals surface area contributed by atoms with Crippen LogP contribution in [0.1, 0.15) is 18.4 Å². The minimum atomic E-state index is -0.233. The Bertz CT molecular complexity index is 280. The van der Waals surface area contributed by atoms with Crippen molar-refractivity contribution >= 4 is 5.97 Å². The quantitative estimate of drug-likeness (QED) is 0.610. The molecule has 0 saturated heterocycles. The number of nitrogens with zero attached hydrogens (tertiary/aromatic N) is 2. The maximum atomic E-state index is 11.1. The fraction of sp³-hybridized carbons (Fsp3) is 0.500. The highest BCUT2D eigenvalue weighted by molar-refractivity contribution is 5.77. The number of rotatable bonds is 2. The van der Waals surface area contributed by atoms with Crippen molar-refractivity contribution in [2.45, 2.75) is 12.8 Å². The van der Waals surface area contributed by atoms with Crippen LogP contribution in [0.4, 0.5) is 0 Å². The molecule has 0 amide bonds. The SMILES string of the molecule is COC(=O)[C@@H](C)c1cnn(C)c1. The summed E-state index contributed by atoms with van der Waals surface area (Å²) in [5, 5.41) is 3.96. The maximum Gasteiger partial charge on any atom is 0.312 e. The summed E-state index contributed by atoms with van der Waals surface area (Å²) in [6.07, 6.45) is 3.48. The fourth-order valence-electron chi connectivity index (χ4n) is 0.977. The van der Waals surface area contributed by atoms with Gasteiger partial charge >= 0.3 is 5.97 Å². The molecule has 0 N–H and O–H groups in total. The van der Waals surface area contributed by atoms with E-state index < -0.39 is 0 Å². The third-order valence-electron chi connectivity index (χ3n) is 1.78. The molecule has 12 heavy (non-hydrogen) atoms. The molecule has 0 bridgehead atoms. The predicted octanol–water partition coefficient (Wildman–Crippen LogP) is 0.697. The van der Waals surface area contributed by atoms with Gasteiger partial charge in [-0.05, 0) is 6.92 Å². The van der Waals surface area contributed by atoms with Crippen LogP contribution >= 0.6 is 0 Å². The van der Waals surface area contributed by atoms with Crippen LogP contribution in [-0.2, 0) is 16.6 Å². The first-order chi connectivity index (χ1) is 5.65. The molecule has 0 aliphatic heterocycles. The lowest BCUT2D eigenvalue weighted by Crippen LogP contribution is -2.09. The lowest BCUT2D eigenvalue weighted by atomic mass is 10.1. The molecule has 1 atom stereocenters. The number of aryl methyl sites for hydroxylation is 1. The third kappa shape index (κ3) is 1.64. The zero-order valence-electron chi connectivity index (χ0n) is 7.44. The van der Waals surface area contributed by atoms with Crippen LogP contribution < -0.4 is 0 Å². The second kappa shape index (κ2) is 3.38. The molecule has 1 aromatic rings. The van der Waals surface area contributed by atoms with Crippen LogP contribution in [0.2, 0.25) is 0 Å². The van der Waals surface area contributed by atoms with E-state index in [-0.39, 0.29) is 11.9 Å². The Morgan fingerprint density at radius 3 is 2.83 bits per heavy atom. The van der Waals surface area contributed by atoms with Crippen LogP contribution in [0.5, 0.6) is 0 Å². The Labute approximate surface area is 71.1 Å². The molecular formula is C8H12N2O2. The molecule has 1 aromatic heterocycles. The highest BCUT2D eigenvalue weighted by atomic mass is 16.5. The van der Waals surface area contributed by atoms with Gasteiger partial charge in [0.15, 0.2) is 0 Å². The van der Waals surface area contributed by atoms with E-state index in [9.17, 15) is 4.79 Å². The molecular weight excluding hydrogens is 156 g/mol. The average molecular weight is 168 g/mol. The molecule has 0 unspecified atom stereocenters. The van der Waals surface area contributed by atoms with Crippen molar-refractivity contribution in [1.29, 1.82) is 0 Å². The third-order valence-corrected chi connectivity index (χ3v) is 1.78. The minimum absolute atomic E-state index is 0.233. The van der Waals surface area contributed by atoms with Crippen LogP contribution in [0.3, 0.4) is 0 Å². The summed E-state index contributed by atoms with van der Waals surface area (Å²) < 4.78 is 6.26. The topological polar surface area (TPSA) is 44.1 Å². The summed E-state index contributed by atoms with van der Waals surface area (Å²) in [4.78, 5) is 11.1. The Morgan fingerprint density at radius 1 is 1.75 bits per heavy atom. The molecule has 4 nitrogen and oxygen atoms in total. The van der Waals surface area contributed by atoms with E-state index in [0.717, 1.165) is 5.56 Å². The molecule has 0 aliphatic rings. The number of carbonyl (C=O) groups excluding carboxylic acids is 1. The number of methoxy groups -OCH3 is 1.